The lowest BCUT2D eigenvalue weighted by molar-refractivity contribution is -0.149. The highest BCUT2D eigenvalue weighted by atomic mass is 35.5. The van der Waals surface area contributed by atoms with Gasteiger partial charge in [-0.05, 0) is 81.3 Å². The van der Waals surface area contributed by atoms with Gasteiger partial charge >= 0.3 is 0 Å². The average Bonchev–Trinajstić information content (AvgIpc) is 3.58. The number of ether oxygens (including phenoxy) is 2. The molecule has 2 aromatic rings. The number of amides is 3. The Labute approximate surface area is 295 Å². The third kappa shape index (κ3) is 6.08. The summed E-state index contributed by atoms with van der Waals surface area (Å²) >= 11 is 6.74. The number of halogens is 1. The van der Waals surface area contributed by atoms with Crippen LogP contribution in [0.4, 0.5) is 11.4 Å². The number of para-hydroxylation sites is 1. The Morgan fingerprint density at radius 1 is 1.12 bits per heavy atom. The van der Waals surface area contributed by atoms with Crippen LogP contribution in [0.25, 0.3) is 0 Å². The molecule has 3 fully saturated rings. The molecule has 3 saturated heterocycles. The van der Waals surface area contributed by atoms with Crippen molar-refractivity contribution in [1.29, 1.82) is 0 Å². The largest absolute Gasteiger partial charge is 0.494 e. The molecule has 0 aromatic heterocycles. The Kier molecular flexibility index (Phi) is 10.7. The number of carbonyl (C=O) groups excluding carboxylic acids is 3. The summed E-state index contributed by atoms with van der Waals surface area (Å²) in [4.78, 5) is 49.9. The van der Waals surface area contributed by atoms with E-state index in [-0.39, 0.29) is 49.3 Å². The van der Waals surface area contributed by atoms with Crippen molar-refractivity contribution in [3.05, 3.63) is 78.4 Å². The maximum atomic E-state index is 15.2. The molecule has 3 amide bonds. The number of nitrogens with zero attached hydrogens (tertiary/aromatic N) is 3. The second-order valence-corrected chi connectivity index (χ2v) is 14.6. The minimum Gasteiger partial charge on any atom is -0.494 e. The number of hydrogen-bond acceptors (Lipinski definition) is 6. The average molecular weight is 692 g/mol. The second-order valence-electron chi connectivity index (χ2n) is 14.2. The van der Waals surface area contributed by atoms with Crippen LogP contribution in [0.3, 0.4) is 0 Å². The van der Waals surface area contributed by atoms with E-state index in [1.165, 1.54) is 0 Å². The molecule has 3 unspecified atom stereocenters. The van der Waals surface area contributed by atoms with E-state index >= 15 is 9.59 Å². The van der Waals surface area contributed by atoms with E-state index in [9.17, 15) is 9.90 Å². The first-order chi connectivity index (χ1) is 23.3. The number of aryl methyl sites for hydroxylation is 1. The molecule has 3 heterocycles. The van der Waals surface area contributed by atoms with Crippen molar-refractivity contribution < 1.29 is 29.0 Å². The van der Waals surface area contributed by atoms with Crippen molar-refractivity contribution in [3.8, 4) is 5.75 Å². The lowest BCUT2D eigenvalue weighted by atomic mass is 9.62. The molecule has 264 valence electrons. The van der Waals surface area contributed by atoms with E-state index in [4.69, 9.17) is 21.1 Å². The van der Waals surface area contributed by atoms with E-state index in [1.807, 2.05) is 77.9 Å². The van der Waals surface area contributed by atoms with Crippen LogP contribution in [0.5, 0.6) is 5.75 Å². The fourth-order valence-electron chi connectivity index (χ4n) is 8.59. The van der Waals surface area contributed by atoms with Crippen LogP contribution in [0.1, 0.15) is 53.0 Å². The SMILES string of the molecule is C=CCN(C(=O)[C@@H]1[C@H]2C(=O)N([C@@H](CO)CC(C)C)C(C(=O)N(CC=C)c3c(C)cccc3Cl)C23CC(C)[C@@]1(C)O3)c1ccc(OCC)cc1. The van der Waals surface area contributed by atoms with Gasteiger partial charge < -0.3 is 29.3 Å². The van der Waals surface area contributed by atoms with Crippen LogP contribution in [-0.2, 0) is 19.1 Å². The van der Waals surface area contributed by atoms with Gasteiger partial charge in [0.1, 0.15) is 17.4 Å². The predicted molar refractivity (Wildman–Crippen MR) is 193 cm³/mol. The molecule has 1 spiro atoms. The van der Waals surface area contributed by atoms with Gasteiger partial charge in [-0.2, -0.15) is 0 Å². The van der Waals surface area contributed by atoms with Crippen molar-refractivity contribution in [2.45, 2.75) is 77.7 Å². The maximum Gasteiger partial charge on any atom is 0.253 e. The molecule has 0 aliphatic carbocycles. The topological polar surface area (TPSA) is 99.6 Å². The summed E-state index contributed by atoms with van der Waals surface area (Å²) in [6.45, 7) is 20.1. The van der Waals surface area contributed by atoms with Crippen molar-refractivity contribution in [3.63, 3.8) is 0 Å². The lowest BCUT2D eigenvalue weighted by Gasteiger charge is -2.40. The van der Waals surface area contributed by atoms with Gasteiger partial charge in [-0.15, -0.1) is 13.2 Å². The predicted octanol–water partition coefficient (Wildman–Crippen LogP) is 6.20. The first kappa shape index (κ1) is 36.6. The zero-order valence-corrected chi connectivity index (χ0v) is 30.3. The zero-order valence-electron chi connectivity index (χ0n) is 29.5. The van der Waals surface area contributed by atoms with Gasteiger partial charge in [0.05, 0.1) is 47.4 Å². The van der Waals surface area contributed by atoms with E-state index in [2.05, 4.69) is 13.2 Å². The summed E-state index contributed by atoms with van der Waals surface area (Å²) in [5.74, 6) is -2.24. The third-order valence-electron chi connectivity index (χ3n) is 10.7. The molecule has 0 radical (unpaired) electrons. The van der Waals surface area contributed by atoms with E-state index in [0.717, 1.165) is 5.56 Å². The number of hydrogen-bond donors (Lipinski definition) is 1. The molecule has 1 N–H and O–H groups in total. The van der Waals surface area contributed by atoms with Crippen molar-refractivity contribution in [1.82, 2.24) is 4.90 Å². The van der Waals surface area contributed by atoms with Gasteiger partial charge in [-0.3, -0.25) is 14.4 Å². The number of anilines is 2. The molecule has 10 heteroatoms. The van der Waals surface area contributed by atoms with Crippen molar-refractivity contribution >= 4 is 40.7 Å². The van der Waals surface area contributed by atoms with Gasteiger partial charge in [0.2, 0.25) is 11.8 Å². The fraction of sp³-hybridized carbons (Fsp3) is 0.513. The van der Waals surface area contributed by atoms with E-state index in [1.54, 1.807) is 32.9 Å². The lowest BCUT2D eigenvalue weighted by Crippen LogP contribution is -2.59. The van der Waals surface area contributed by atoms with Gasteiger partial charge in [-0.25, -0.2) is 0 Å². The van der Waals surface area contributed by atoms with Crippen molar-refractivity contribution in [2.24, 2.45) is 23.7 Å². The van der Waals surface area contributed by atoms with E-state index in [0.29, 0.717) is 41.6 Å². The first-order valence-corrected chi connectivity index (χ1v) is 17.6. The summed E-state index contributed by atoms with van der Waals surface area (Å²) in [5.41, 5.74) is -0.411. The summed E-state index contributed by atoms with van der Waals surface area (Å²) < 4.78 is 12.7. The highest BCUT2D eigenvalue weighted by Gasteiger charge is 2.80. The molecular formula is C39H50ClN3O6. The standard InChI is InChI=1S/C39H50ClN3O6/c1-9-19-41(27-15-17-29(18-16-27)48-11-3)35(45)31-32-36(46)43(28(23-44)21-24(4)5)34(39(32)22-26(7)38(31,8)49-39)37(47)42(20-10-2)33-25(6)13-12-14-30(33)40/h9-10,12-18,24,26,28,31-32,34,44H,1-2,11,19-23H2,3-8H3/t26?,28-,31+,32+,34?,38-,39?/m1/s1. The number of carbonyl (C=O) groups is 3. The number of benzene rings is 2. The normalized spacial score (nSPS) is 27.6. The first-order valence-electron chi connectivity index (χ1n) is 17.3. The Bertz CT molecular complexity index is 1580. The summed E-state index contributed by atoms with van der Waals surface area (Å²) in [6, 6.07) is 10.9. The highest BCUT2D eigenvalue weighted by molar-refractivity contribution is 6.34. The van der Waals surface area contributed by atoms with Crippen LogP contribution in [0.15, 0.2) is 67.8 Å². The molecule has 3 aliphatic rings. The summed E-state index contributed by atoms with van der Waals surface area (Å²) in [7, 11) is 0. The Hall–Kier alpha value is -3.66. The molecule has 5 rings (SSSR count). The van der Waals surface area contributed by atoms with Gasteiger partial charge in [-0.1, -0.05) is 56.7 Å². The Morgan fingerprint density at radius 3 is 2.35 bits per heavy atom. The molecular weight excluding hydrogens is 642 g/mol. The molecule has 3 aliphatic heterocycles. The zero-order chi connectivity index (χ0) is 35.8. The minimum atomic E-state index is -1.32. The summed E-state index contributed by atoms with van der Waals surface area (Å²) in [6.07, 6.45) is 4.14. The molecule has 9 nitrogen and oxygen atoms in total. The molecule has 49 heavy (non-hydrogen) atoms. The molecule has 2 bridgehead atoms. The van der Waals surface area contributed by atoms with E-state index < -0.39 is 35.1 Å². The number of fused-ring (bicyclic) bond motifs is 1. The second kappa shape index (κ2) is 14.3. The van der Waals surface area contributed by atoms with Gasteiger partial charge in [0.15, 0.2) is 0 Å². The molecule has 0 saturated carbocycles. The summed E-state index contributed by atoms with van der Waals surface area (Å²) in [5, 5.41) is 11.2. The fourth-order valence-corrected chi connectivity index (χ4v) is 8.91. The monoisotopic (exact) mass is 691 g/mol. The minimum absolute atomic E-state index is 0.114. The van der Waals surface area contributed by atoms with Crippen molar-refractivity contribution in [2.75, 3.05) is 36.1 Å². The van der Waals surface area contributed by atoms with Crippen LogP contribution in [0.2, 0.25) is 5.02 Å². The van der Waals surface area contributed by atoms with Crippen LogP contribution >= 0.6 is 11.6 Å². The Balaban J connectivity index is 1.67. The van der Waals surface area contributed by atoms with Gasteiger partial charge in [0.25, 0.3) is 5.91 Å². The molecule has 7 atom stereocenters. The number of aliphatic hydroxyl groups is 1. The smallest absolute Gasteiger partial charge is 0.253 e. The van der Waals surface area contributed by atoms with Crippen LogP contribution < -0.4 is 14.5 Å². The van der Waals surface area contributed by atoms with Crippen LogP contribution in [0, 0.1) is 30.6 Å². The maximum absolute atomic E-state index is 15.2. The van der Waals surface area contributed by atoms with Gasteiger partial charge in [0, 0.05) is 18.8 Å². The number of aliphatic hydroxyl groups excluding tert-OH is 1. The number of likely N-dealkylation sites (tertiary alicyclic amines) is 1. The third-order valence-corrected chi connectivity index (χ3v) is 11.0. The molecule has 2 aromatic carbocycles. The Morgan fingerprint density at radius 2 is 1.78 bits per heavy atom. The number of rotatable bonds is 14. The quantitative estimate of drug-likeness (QED) is 0.237. The van der Waals surface area contributed by atoms with Crippen LogP contribution in [-0.4, -0.2) is 77.3 Å². The highest BCUT2D eigenvalue weighted by Crippen LogP contribution is 2.66.